The molecule has 1 amide bonds. The Morgan fingerprint density at radius 2 is 1.73 bits per heavy atom. The van der Waals surface area contributed by atoms with Crippen molar-refractivity contribution >= 4 is 30.7 Å². The van der Waals surface area contributed by atoms with Crippen molar-refractivity contribution in [3.63, 3.8) is 0 Å². The van der Waals surface area contributed by atoms with Gasteiger partial charge in [0.1, 0.15) is 5.75 Å². The third kappa shape index (κ3) is 6.43. The van der Waals surface area contributed by atoms with E-state index in [1.807, 2.05) is 28.8 Å². The highest BCUT2D eigenvalue weighted by Crippen LogP contribution is 2.49. The molecule has 0 fully saturated rings. The number of nitrogens with one attached hydrogen (secondary N) is 1. The lowest BCUT2D eigenvalue weighted by Crippen LogP contribution is -2.16. The number of nitrogens with zero attached hydrogens (tertiary/aromatic N) is 3. The molecule has 0 unspecified atom stereocenters. The Bertz CT molecular complexity index is 1450. The van der Waals surface area contributed by atoms with Crippen LogP contribution >= 0.6 is 7.82 Å². The van der Waals surface area contributed by atoms with Gasteiger partial charge in [0.05, 0.1) is 35.9 Å². The molecule has 0 spiro atoms. The first kappa shape index (κ1) is 26.1. The standard InChI is InChI=1S/C27H27N4O5P/c1-3-34-37(33,35-4-2)36-23-13-10-20(11-14-23)16-17-31-25-15-12-21(19-28)18-24(25)29-27(31)30-26(32)22-8-6-5-7-9-22/h5-15,18H,3-4,16-17H2,1-2H3,(H,29,30,32). The molecule has 1 aromatic heterocycles. The van der Waals surface area contributed by atoms with E-state index in [2.05, 4.69) is 16.4 Å². The van der Waals surface area contributed by atoms with Crippen molar-refractivity contribution in [3.8, 4) is 11.8 Å². The first-order chi connectivity index (χ1) is 17.9. The summed E-state index contributed by atoms with van der Waals surface area (Å²) in [5.41, 5.74) is 3.42. The van der Waals surface area contributed by atoms with Crippen LogP contribution in [0.15, 0.2) is 72.8 Å². The van der Waals surface area contributed by atoms with Crippen LogP contribution in [0.4, 0.5) is 5.95 Å². The van der Waals surface area contributed by atoms with Gasteiger partial charge in [-0.05, 0) is 68.3 Å². The van der Waals surface area contributed by atoms with Crippen LogP contribution in [0.5, 0.6) is 5.75 Å². The van der Waals surface area contributed by atoms with Crippen LogP contribution in [0.3, 0.4) is 0 Å². The van der Waals surface area contributed by atoms with Crippen LogP contribution in [0.25, 0.3) is 11.0 Å². The molecule has 0 aliphatic rings. The predicted octanol–water partition coefficient (Wildman–Crippen LogP) is 5.96. The molecule has 37 heavy (non-hydrogen) atoms. The van der Waals surface area contributed by atoms with E-state index in [1.54, 1.807) is 62.4 Å². The summed E-state index contributed by atoms with van der Waals surface area (Å²) in [4.78, 5) is 17.4. The molecule has 0 atom stereocenters. The van der Waals surface area contributed by atoms with E-state index in [0.29, 0.717) is 41.3 Å². The molecule has 10 heteroatoms. The highest BCUT2D eigenvalue weighted by Gasteiger charge is 2.27. The largest absolute Gasteiger partial charge is 0.530 e. The Hall–Kier alpha value is -3.96. The van der Waals surface area contributed by atoms with Crippen molar-refractivity contribution in [1.82, 2.24) is 9.55 Å². The summed E-state index contributed by atoms with van der Waals surface area (Å²) < 4.78 is 30.4. The quantitative estimate of drug-likeness (QED) is 0.244. The van der Waals surface area contributed by atoms with Crippen LogP contribution in [0.2, 0.25) is 0 Å². The molecule has 9 nitrogen and oxygen atoms in total. The molecule has 0 aliphatic carbocycles. The fourth-order valence-corrected chi connectivity index (χ4v) is 4.97. The first-order valence-electron chi connectivity index (χ1n) is 11.9. The van der Waals surface area contributed by atoms with Gasteiger partial charge in [-0.3, -0.25) is 19.2 Å². The lowest BCUT2D eigenvalue weighted by atomic mass is 10.1. The predicted molar refractivity (Wildman–Crippen MR) is 140 cm³/mol. The minimum absolute atomic E-state index is 0.202. The second-order valence-electron chi connectivity index (χ2n) is 7.99. The number of aryl methyl sites for hydroxylation is 2. The fourth-order valence-electron chi connectivity index (χ4n) is 3.78. The Morgan fingerprint density at radius 1 is 1.03 bits per heavy atom. The zero-order chi connectivity index (χ0) is 26.3. The molecule has 1 heterocycles. The Balaban J connectivity index is 1.54. The zero-order valence-electron chi connectivity index (χ0n) is 20.6. The molecule has 4 rings (SSSR count). The number of imidazole rings is 1. The normalized spacial score (nSPS) is 11.3. The number of phosphoric ester groups is 1. The van der Waals surface area contributed by atoms with Gasteiger partial charge in [0.25, 0.3) is 5.91 Å². The average Bonchev–Trinajstić information content (AvgIpc) is 3.24. The van der Waals surface area contributed by atoms with E-state index in [9.17, 15) is 14.6 Å². The molecule has 1 N–H and O–H groups in total. The number of amides is 1. The lowest BCUT2D eigenvalue weighted by molar-refractivity contribution is 0.102. The van der Waals surface area contributed by atoms with Crippen LogP contribution in [-0.2, 0) is 26.6 Å². The van der Waals surface area contributed by atoms with Gasteiger partial charge < -0.3 is 9.09 Å². The highest BCUT2D eigenvalue weighted by molar-refractivity contribution is 7.48. The average molecular weight is 519 g/mol. The number of hydrogen-bond donors (Lipinski definition) is 1. The number of phosphoric acid groups is 1. The number of benzene rings is 3. The van der Waals surface area contributed by atoms with E-state index in [0.717, 1.165) is 11.1 Å². The maximum absolute atomic E-state index is 12.8. The van der Waals surface area contributed by atoms with Gasteiger partial charge in [0, 0.05) is 12.1 Å². The molecule has 0 radical (unpaired) electrons. The van der Waals surface area contributed by atoms with E-state index in [4.69, 9.17) is 13.6 Å². The molecule has 0 saturated heterocycles. The van der Waals surface area contributed by atoms with Crippen molar-refractivity contribution < 1.29 is 22.9 Å². The summed E-state index contributed by atoms with van der Waals surface area (Å²) in [5.74, 6) is 0.502. The molecular formula is C27H27N4O5P. The summed E-state index contributed by atoms with van der Waals surface area (Å²) in [6, 6.07) is 23.4. The monoisotopic (exact) mass is 518 g/mol. The molecule has 0 saturated carbocycles. The Labute approximate surface area is 215 Å². The molecule has 4 aromatic rings. The zero-order valence-corrected chi connectivity index (χ0v) is 21.5. The maximum Gasteiger partial charge on any atom is 0.530 e. The van der Waals surface area contributed by atoms with Crippen LogP contribution in [-0.4, -0.2) is 28.7 Å². The van der Waals surface area contributed by atoms with Crippen molar-refractivity contribution in [2.75, 3.05) is 18.5 Å². The van der Waals surface area contributed by atoms with E-state index in [-0.39, 0.29) is 19.1 Å². The second-order valence-corrected chi connectivity index (χ2v) is 9.58. The Morgan fingerprint density at radius 3 is 2.38 bits per heavy atom. The molecule has 3 aromatic carbocycles. The van der Waals surface area contributed by atoms with Gasteiger partial charge in [-0.25, -0.2) is 9.55 Å². The number of carbonyl (C=O) groups is 1. The van der Waals surface area contributed by atoms with Crippen molar-refractivity contribution in [1.29, 1.82) is 5.26 Å². The van der Waals surface area contributed by atoms with Gasteiger partial charge in [0.15, 0.2) is 0 Å². The minimum Gasteiger partial charge on any atom is -0.404 e. The van der Waals surface area contributed by atoms with Crippen LogP contribution in [0.1, 0.15) is 35.3 Å². The summed E-state index contributed by atoms with van der Waals surface area (Å²) >= 11 is 0. The SMILES string of the molecule is CCOP(=O)(OCC)Oc1ccc(CCn2c(NC(=O)c3ccccc3)nc3cc(C#N)ccc32)cc1. The highest BCUT2D eigenvalue weighted by atomic mass is 31.2. The number of fused-ring (bicyclic) bond motifs is 1. The third-order valence-electron chi connectivity index (χ3n) is 5.48. The van der Waals surface area contributed by atoms with Gasteiger partial charge in [-0.2, -0.15) is 5.26 Å². The van der Waals surface area contributed by atoms with E-state index < -0.39 is 7.82 Å². The summed E-state index contributed by atoms with van der Waals surface area (Å²) in [7, 11) is -3.67. The molecule has 190 valence electrons. The van der Waals surface area contributed by atoms with Crippen molar-refractivity contribution in [3.05, 3.63) is 89.5 Å². The topological polar surface area (TPSA) is 115 Å². The van der Waals surface area contributed by atoms with Crippen LogP contribution in [0, 0.1) is 11.3 Å². The summed E-state index contributed by atoms with van der Waals surface area (Å²) in [5, 5.41) is 12.2. The smallest absolute Gasteiger partial charge is 0.404 e. The summed E-state index contributed by atoms with van der Waals surface area (Å²) in [6.45, 7) is 4.36. The van der Waals surface area contributed by atoms with Gasteiger partial charge >= 0.3 is 7.82 Å². The molecule has 0 bridgehead atoms. The lowest BCUT2D eigenvalue weighted by Gasteiger charge is -2.17. The third-order valence-corrected chi connectivity index (χ3v) is 7.06. The first-order valence-corrected chi connectivity index (χ1v) is 13.3. The van der Waals surface area contributed by atoms with Gasteiger partial charge in [-0.15, -0.1) is 0 Å². The Kier molecular flexibility index (Phi) is 8.36. The summed E-state index contributed by atoms with van der Waals surface area (Å²) in [6.07, 6.45) is 0.620. The van der Waals surface area contributed by atoms with Crippen molar-refractivity contribution in [2.24, 2.45) is 0 Å². The maximum atomic E-state index is 12.8. The second kappa shape index (κ2) is 11.8. The van der Waals surface area contributed by atoms with Gasteiger partial charge in [0.2, 0.25) is 5.95 Å². The van der Waals surface area contributed by atoms with Crippen LogP contribution < -0.4 is 9.84 Å². The number of aromatic nitrogens is 2. The molecule has 0 aliphatic heterocycles. The fraction of sp³-hybridized carbons (Fsp3) is 0.222. The van der Waals surface area contributed by atoms with Crippen molar-refractivity contribution in [2.45, 2.75) is 26.8 Å². The number of rotatable bonds is 11. The van der Waals surface area contributed by atoms with Gasteiger partial charge in [-0.1, -0.05) is 30.3 Å². The number of anilines is 1. The number of hydrogen-bond acceptors (Lipinski definition) is 7. The molecular weight excluding hydrogens is 491 g/mol. The van der Waals surface area contributed by atoms with E-state index in [1.165, 1.54) is 0 Å². The minimum atomic E-state index is -3.67. The number of nitriles is 1. The van der Waals surface area contributed by atoms with E-state index >= 15 is 0 Å². The number of carbonyl (C=O) groups excluding carboxylic acids is 1.